The summed E-state index contributed by atoms with van der Waals surface area (Å²) in [5, 5.41) is 18.0. The number of cyclic esters (lactones) is 1. The highest BCUT2D eigenvalue weighted by molar-refractivity contribution is 7.15. The Morgan fingerprint density at radius 1 is 0.766 bits per heavy atom. The molecule has 3 aliphatic heterocycles. The molecule has 0 spiro atoms. The Labute approximate surface area is 454 Å². The smallest absolute Gasteiger partial charge is 0.343 e. The number of nitrogens with zero attached hydrogens (tertiary/aromatic N) is 3. The van der Waals surface area contributed by atoms with E-state index in [1.54, 1.807) is 23.6 Å². The number of fused-ring (bicyclic) bond motifs is 5. The first-order valence-electron chi connectivity index (χ1n) is 27.6. The second-order valence-electron chi connectivity index (χ2n) is 20.0. The summed E-state index contributed by atoms with van der Waals surface area (Å²) < 4.78 is 35.0. The van der Waals surface area contributed by atoms with Crippen molar-refractivity contribution in [2.75, 3.05) is 79.2 Å². The van der Waals surface area contributed by atoms with Gasteiger partial charge in [-0.3, -0.25) is 33.7 Å². The molecule has 5 aliphatic rings. The maximum atomic E-state index is 13.7. The fourth-order valence-electron chi connectivity index (χ4n) is 10.6. The van der Waals surface area contributed by atoms with E-state index in [2.05, 4.69) is 33.7 Å². The normalized spacial score (nSPS) is 21.2. The molecule has 3 aromatic rings. The molecule has 2 fully saturated rings. The van der Waals surface area contributed by atoms with Crippen LogP contribution in [0.15, 0.2) is 41.2 Å². The second-order valence-corrected chi connectivity index (χ2v) is 20.0. The Kier molecular flexibility index (Phi) is 23.7. The number of hydrogen-bond acceptors (Lipinski definition) is 15. The fraction of sp³-hybridized carbons (Fsp3) is 0.614. The molecule has 2 unspecified atom stereocenters. The van der Waals surface area contributed by atoms with Crippen molar-refractivity contribution in [3.63, 3.8) is 0 Å². The highest BCUT2D eigenvalue weighted by atomic mass is 31.0. The number of pyridine rings is 2. The lowest BCUT2D eigenvalue weighted by molar-refractivity contribution is -0.172. The summed E-state index contributed by atoms with van der Waals surface area (Å²) >= 11 is 0. The summed E-state index contributed by atoms with van der Waals surface area (Å²) in [6.07, 6.45) is 10.8. The summed E-state index contributed by atoms with van der Waals surface area (Å²) in [6, 6.07) is 7.08. The van der Waals surface area contributed by atoms with Crippen LogP contribution in [0.2, 0.25) is 0 Å². The number of benzene rings is 1. The molecule has 1 aromatic carbocycles. The summed E-state index contributed by atoms with van der Waals surface area (Å²) in [5.41, 5.74) is 2.02. The van der Waals surface area contributed by atoms with Gasteiger partial charge in [-0.25, -0.2) is 9.78 Å². The minimum Gasteiger partial charge on any atom is -0.458 e. The lowest BCUT2D eigenvalue weighted by Gasteiger charge is -2.31. The molecule has 2 atom stereocenters. The van der Waals surface area contributed by atoms with Gasteiger partial charge < -0.3 is 48.7 Å². The van der Waals surface area contributed by atoms with Crippen LogP contribution in [0.25, 0.3) is 22.3 Å². The van der Waals surface area contributed by atoms with Crippen LogP contribution < -0.4 is 20.9 Å². The Morgan fingerprint density at radius 3 is 1.99 bits per heavy atom. The molecule has 0 bridgehead atoms. The van der Waals surface area contributed by atoms with Crippen molar-refractivity contribution in [2.45, 2.75) is 123 Å². The number of nitrogens with one attached hydrogen (secondary N) is 2. The van der Waals surface area contributed by atoms with Crippen molar-refractivity contribution in [3.8, 4) is 17.1 Å². The number of amides is 4. The quantitative estimate of drug-likeness (QED) is 0.0251. The van der Waals surface area contributed by atoms with Crippen LogP contribution in [-0.2, 0) is 77.6 Å². The molecule has 422 valence electrons. The molecule has 2 saturated carbocycles. The summed E-state index contributed by atoms with van der Waals surface area (Å²) in [5.74, 6) is -1.06. The lowest BCUT2D eigenvalue weighted by Crippen LogP contribution is -2.44. The van der Waals surface area contributed by atoms with E-state index in [9.17, 15) is 38.7 Å². The standard InChI is InChI=1S/C53H67N5O14.C3H8.CH5P/c1-3-38-39-27-37(13-14-43(39)56-48-40(38)31-57-44(48)28-42-41(50(57)63)32-71-52(65)53(42,66)4-2)72-51(64)36-11-5-33(6-12-36)29-55-45(59)17-19-67-21-23-69-25-26-70-24-22-68-20-18-54-49(62)35-9-7-34(8-10-35)30-58-46(60)15-16-47(58)61;1-3-2;1-2/h13-16,27-28,33-36,66H,3-12,17-26,29-32H2,1-2H3,(H,54,62)(H,55,59);3H2,1-2H3;2H2,1H3. The van der Waals surface area contributed by atoms with Crippen LogP contribution in [0, 0.1) is 23.7 Å². The first-order chi connectivity index (χ1) is 37.3. The van der Waals surface area contributed by atoms with Crippen LogP contribution in [-0.4, -0.2) is 134 Å². The largest absolute Gasteiger partial charge is 0.458 e. The minimum absolute atomic E-state index is 0.0117. The van der Waals surface area contributed by atoms with Gasteiger partial charge in [-0.05, 0) is 106 Å². The number of aromatic nitrogens is 2. The highest BCUT2D eigenvalue weighted by Gasteiger charge is 2.45. The molecular formula is C57H80N5O14P. The molecule has 8 rings (SSSR count). The van der Waals surface area contributed by atoms with Crippen molar-refractivity contribution in [1.29, 1.82) is 0 Å². The van der Waals surface area contributed by atoms with Gasteiger partial charge >= 0.3 is 11.9 Å². The first-order valence-corrected chi connectivity index (χ1v) is 28.8. The topological polar surface area (TPSA) is 240 Å². The van der Waals surface area contributed by atoms with E-state index in [-0.39, 0.29) is 103 Å². The van der Waals surface area contributed by atoms with E-state index in [1.165, 1.54) is 23.5 Å². The zero-order chi connectivity index (χ0) is 55.5. The Hall–Kier alpha value is -5.43. The van der Waals surface area contributed by atoms with Crippen LogP contribution >= 0.6 is 9.24 Å². The number of imide groups is 1. The first kappa shape index (κ1) is 60.8. The Balaban J connectivity index is 0.00000186. The van der Waals surface area contributed by atoms with E-state index in [4.69, 9.17) is 33.4 Å². The molecule has 2 aliphatic carbocycles. The number of hydrogen-bond donors (Lipinski definition) is 3. The van der Waals surface area contributed by atoms with Gasteiger partial charge in [-0.15, -0.1) is 9.24 Å². The molecule has 77 heavy (non-hydrogen) atoms. The van der Waals surface area contributed by atoms with Gasteiger partial charge in [-0.1, -0.05) is 40.8 Å². The van der Waals surface area contributed by atoms with Crippen LogP contribution in [0.4, 0.5) is 0 Å². The van der Waals surface area contributed by atoms with Gasteiger partial charge in [0.1, 0.15) is 12.4 Å². The molecule has 4 amide bonds. The third-order valence-corrected chi connectivity index (χ3v) is 14.8. The molecule has 19 nitrogen and oxygen atoms in total. The van der Waals surface area contributed by atoms with Crippen LogP contribution in [0.3, 0.4) is 0 Å². The summed E-state index contributed by atoms with van der Waals surface area (Å²) in [6.45, 7) is 14.3. The van der Waals surface area contributed by atoms with E-state index >= 15 is 0 Å². The van der Waals surface area contributed by atoms with Crippen LogP contribution in [0.5, 0.6) is 5.75 Å². The van der Waals surface area contributed by atoms with Crippen molar-refractivity contribution in [3.05, 3.63) is 69.0 Å². The average Bonchev–Trinajstić information content (AvgIpc) is 3.98. The number of rotatable bonds is 24. The zero-order valence-electron chi connectivity index (χ0n) is 45.6. The zero-order valence-corrected chi connectivity index (χ0v) is 46.8. The maximum Gasteiger partial charge on any atom is 0.343 e. The van der Waals surface area contributed by atoms with E-state index < -0.39 is 11.6 Å². The number of aliphatic hydroxyl groups is 1. The van der Waals surface area contributed by atoms with E-state index in [0.717, 1.165) is 55.0 Å². The Bertz CT molecular complexity index is 2610. The molecular weight excluding hydrogens is 1010 g/mol. The summed E-state index contributed by atoms with van der Waals surface area (Å²) in [4.78, 5) is 94.6. The minimum atomic E-state index is -1.91. The number of carbonyl (C=O) groups is 6. The van der Waals surface area contributed by atoms with E-state index in [1.807, 2.05) is 25.7 Å². The van der Waals surface area contributed by atoms with Crippen molar-refractivity contribution in [1.82, 2.24) is 25.1 Å². The predicted octanol–water partition coefficient (Wildman–Crippen LogP) is 5.68. The molecule has 2 aromatic heterocycles. The summed E-state index contributed by atoms with van der Waals surface area (Å²) in [7, 11) is 2.42. The fourth-order valence-corrected chi connectivity index (χ4v) is 10.6. The molecule has 0 radical (unpaired) electrons. The van der Waals surface area contributed by atoms with Gasteiger partial charge in [0.2, 0.25) is 11.8 Å². The van der Waals surface area contributed by atoms with Crippen molar-refractivity contribution in [2.24, 2.45) is 23.7 Å². The second kappa shape index (κ2) is 30.1. The highest BCUT2D eigenvalue weighted by Crippen LogP contribution is 2.41. The van der Waals surface area contributed by atoms with Gasteiger partial charge in [0.15, 0.2) is 5.60 Å². The third kappa shape index (κ3) is 15.7. The number of esters is 2. The SMILES string of the molecule is CCC.CCc1c2c(nc3ccc(OC(=O)C4CCC(CNC(=O)CCOCCOCCOCCOCCNC(=O)C5CCC(CN6C(=O)C=CC6=O)CC5)CC4)cc13)-c1cc3c(c(=O)n1C2)COC(=O)C3(O)CC.CP. The lowest BCUT2D eigenvalue weighted by atomic mass is 9.81. The third-order valence-electron chi connectivity index (χ3n) is 14.8. The maximum absolute atomic E-state index is 13.7. The van der Waals surface area contributed by atoms with Gasteiger partial charge in [-0.2, -0.15) is 0 Å². The number of aryl methyl sites for hydroxylation is 1. The van der Waals surface area contributed by atoms with E-state index in [0.29, 0.717) is 108 Å². The number of carbonyl (C=O) groups excluding carboxylic acids is 6. The van der Waals surface area contributed by atoms with Crippen LogP contribution in [0.1, 0.15) is 121 Å². The molecule has 20 heteroatoms. The van der Waals surface area contributed by atoms with Gasteiger partial charge in [0, 0.05) is 60.6 Å². The molecule has 5 heterocycles. The number of ether oxygens (including phenoxy) is 6. The van der Waals surface area contributed by atoms with Crippen molar-refractivity contribution < 1.29 is 62.3 Å². The monoisotopic (exact) mass is 1090 g/mol. The molecule has 3 N–H and O–H groups in total. The van der Waals surface area contributed by atoms with Gasteiger partial charge in [0.05, 0.1) is 87.8 Å². The van der Waals surface area contributed by atoms with Gasteiger partial charge in [0.25, 0.3) is 17.4 Å². The average molecular weight is 1090 g/mol. The Morgan fingerprint density at radius 2 is 1.36 bits per heavy atom. The predicted molar refractivity (Wildman–Crippen MR) is 292 cm³/mol. The van der Waals surface area contributed by atoms with Crippen molar-refractivity contribution >= 4 is 55.7 Å². The molecule has 0 saturated heterocycles.